The lowest BCUT2D eigenvalue weighted by Crippen LogP contribution is -2.50. The van der Waals surface area contributed by atoms with Crippen LogP contribution in [-0.2, 0) is 4.74 Å². The quantitative estimate of drug-likeness (QED) is 0.748. The summed E-state index contributed by atoms with van der Waals surface area (Å²) in [5.41, 5.74) is 2.08. The van der Waals surface area contributed by atoms with Crippen LogP contribution in [0, 0.1) is 0 Å². The van der Waals surface area contributed by atoms with Crippen LogP contribution in [0.5, 0.6) is 0 Å². The monoisotopic (exact) mass is 383 g/mol. The molecule has 3 fully saturated rings. The van der Waals surface area contributed by atoms with Crippen molar-refractivity contribution in [1.29, 1.82) is 0 Å². The Labute approximate surface area is 166 Å². The Kier molecular flexibility index (Phi) is 4.85. The number of ether oxygens (including phenoxy) is 1. The molecule has 1 aliphatic carbocycles. The third-order valence-corrected chi connectivity index (χ3v) is 6.88. The number of fused-ring (bicyclic) bond motifs is 1. The van der Waals surface area contributed by atoms with Gasteiger partial charge in [0.25, 0.3) is 11.8 Å². The molecule has 0 radical (unpaired) electrons. The van der Waals surface area contributed by atoms with Gasteiger partial charge in [0.05, 0.1) is 29.5 Å². The predicted molar refractivity (Wildman–Crippen MR) is 107 cm³/mol. The second-order valence-electron chi connectivity index (χ2n) is 8.52. The van der Waals surface area contributed by atoms with E-state index < -0.39 is 0 Å². The third-order valence-electron chi connectivity index (χ3n) is 6.88. The van der Waals surface area contributed by atoms with Gasteiger partial charge in [-0.25, -0.2) is 0 Å². The second kappa shape index (κ2) is 7.48. The Balaban J connectivity index is 1.33. The van der Waals surface area contributed by atoms with Crippen molar-refractivity contribution < 1.29 is 14.3 Å². The molecular formula is C22H29N3O3. The summed E-state index contributed by atoms with van der Waals surface area (Å²) >= 11 is 0. The van der Waals surface area contributed by atoms with Gasteiger partial charge in [-0.2, -0.15) is 0 Å². The van der Waals surface area contributed by atoms with E-state index in [2.05, 4.69) is 9.80 Å². The highest BCUT2D eigenvalue weighted by Crippen LogP contribution is 2.34. The fraction of sp³-hybridized carbons (Fsp3) is 0.636. The maximum absolute atomic E-state index is 13.1. The van der Waals surface area contributed by atoms with Crippen molar-refractivity contribution in [3.63, 3.8) is 0 Å². The molecule has 1 aromatic carbocycles. The Bertz CT molecular complexity index is 760. The summed E-state index contributed by atoms with van der Waals surface area (Å²) < 4.78 is 5.66. The maximum Gasteiger partial charge on any atom is 0.263 e. The number of hydrogen-bond acceptors (Lipinski definition) is 5. The van der Waals surface area contributed by atoms with Crippen molar-refractivity contribution in [2.75, 3.05) is 44.2 Å². The first-order valence-corrected chi connectivity index (χ1v) is 10.8. The highest BCUT2D eigenvalue weighted by atomic mass is 16.5. The molecule has 3 aliphatic heterocycles. The fourth-order valence-electron chi connectivity index (χ4n) is 5.33. The van der Waals surface area contributed by atoms with E-state index in [1.165, 1.54) is 30.6 Å². The summed E-state index contributed by atoms with van der Waals surface area (Å²) in [6, 6.07) is 6.46. The number of anilines is 1. The molecule has 6 heteroatoms. The summed E-state index contributed by atoms with van der Waals surface area (Å²) in [6.07, 6.45) is 7.27. The number of hydrogen-bond donors (Lipinski definition) is 0. The van der Waals surface area contributed by atoms with Gasteiger partial charge < -0.3 is 9.64 Å². The molecule has 0 bridgehead atoms. The molecule has 1 aromatic rings. The molecule has 0 unspecified atom stereocenters. The van der Waals surface area contributed by atoms with E-state index in [0.717, 1.165) is 57.4 Å². The van der Waals surface area contributed by atoms with Crippen molar-refractivity contribution >= 4 is 17.5 Å². The Morgan fingerprint density at radius 1 is 0.929 bits per heavy atom. The van der Waals surface area contributed by atoms with Gasteiger partial charge in [-0.15, -0.1) is 0 Å². The molecule has 150 valence electrons. The van der Waals surface area contributed by atoms with Crippen LogP contribution in [0.3, 0.4) is 0 Å². The van der Waals surface area contributed by atoms with Crippen molar-refractivity contribution in [3.8, 4) is 0 Å². The molecule has 2 amide bonds. The summed E-state index contributed by atoms with van der Waals surface area (Å²) in [5, 5.41) is 0. The van der Waals surface area contributed by atoms with Crippen LogP contribution >= 0.6 is 0 Å². The number of amides is 2. The lowest BCUT2D eigenvalue weighted by Gasteiger charge is -2.39. The largest absolute Gasteiger partial charge is 0.376 e. The van der Waals surface area contributed by atoms with Gasteiger partial charge in [-0.1, -0.05) is 18.9 Å². The van der Waals surface area contributed by atoms with E-state index in [4.69, 9.17) is 4.74 Å². The molecule has 5 rings (SSSR count). The highest BCUT2D eigenvalue weighted by molar-refractivity contribution is 6.23. The van der Waals surface area contributed by atoms with Crippen LogP contribution in [0.25, 0.3) is 0 Å². The van der Waals surface area contributed by atoms with Crippen LogP contribution < -0.4 is 4.90 Å². The predicted octanol–water partition coefficient (Wildman–Crippen LogP) is 2.53. The Morgan fingerprint density at radius 2 is 1.71 bits per heavy atom. The number of carbonyl (C=O) groups excluding carboxylic acids is 2. The standard InChI is InChI=1S/C22H29N3O3/c26-21-18-8-3-9-19(20(18)22(27)25(21)15-17-7-4-14-28-17)24-12-10-23(11-13-24)16-5-1-2-6-16/h3,8-9,16-17H,1-2,4-7,10-15H2/t17-/m0/s1. The molecular weight excluding hydrogens is 354 g/mol. The van der Waals surface area contributed by atoms with Gasteiger partial charge in [0.15, 0.2) is 0 Å². The molecule has 2 saturated heterocycles. The van der Waals surface area contributed by atoms with Gasteiger partial charge in [0.2, 0.25) is 0 Å². The van der Waals surface area contributed by atoms with E-state index in [0.29, 0.717) is 17.7 Å². The first-order chi connectivity index (χ1) is 13.7. The van der Waals surface area contributed by atoms with Crippen LogP contribution in [0.1, 0.15) is 59.2 Å². The smallest absolute Gasteiger partial charge is 0.263 e. The topological polar surface area (TPSA) is 53.1 Å². The van der Waals surface area contributed by atoms with Gasteiger partial charge in [0.1, 0.15) is 0 Å². The van der Waals surface area contributed by atoms with Gasteiger partial charge in [-0.05, 0) is 37.8 Å². The Morgan fingerprint density at radius 3 is 2.43 bits per heavy atom. The number of imide groups is 1. The number of carbonyl (C=O) groups is 2. The highest BCUT2D eigenvalue weighted by Gasteiger charge is 2.40. The van der Waals surface area contributed by atoms with E-state index in [-0.39, 0.29) is 17.9 Å². The van der Waals surface area contributed by atoms with Crippen LogP contribution in [0.4, 0.5) is 5.69 Å². The summed E-state index contributed by atoms with van der Waals surface area (Å²) in [5.74, 6) is -0.314. The molecule has 1 atom stereocenters. The Hall–Kier alpha value is -1.92. The van der Waals surface area contributed by atoms with Crippen LogP contribution in [0.2, 0.25) is 0 Å². The molecule has 28 heavy (non-hydrogen) atoms. The summed E-state index contributed by atoms with van der Waals surface area (Å²) in [4.78, 5) is 32.3. The minimum atomic E-state index is -0.165. The van der Waals surface area contributed by atoms with Gasteiger partial charge in [0, 0.05) is 38.8 Å². The average Bonchev–Trinajstić information content (AvgIpc) is 3.48. The van der Waals surface area contributed by atoms with Gasteiger partial charge >= 0.3 is 0 Å². The molecule has 1 saturated carbocycles. The normalized spacial score (nSPS) is 26.5. The van der Waals surface area contributed by atoms with E-state index in [1.807, 2.05) is 12.1 Å². The van der Waals surface area contributed by atoms with Gasteiger partial charge in [-0.3, -0.25) is 19.4 Å². The minimum absolute atomic E-state index is 0.0133. The fourth-order valence-corrected chi connectivity index (χ4v) is 5.33. The first kappa shape index (κ1) is 18.1. The minimum Gasteiger partial charge on any atom is -0.376 e. The van der Waals surface area contributed by atoms with E-state index in [9.17, 15) is 9.59 Å². The molecule has 4 aliphatic rings. The van der Waals surface area contributed by atoms with Crippen LogP contribution in [0.15, 0.2) is 18.2 Å². The molecule has 6 nitrogen and oxygen atoms in total. The zero-order chi connectivity index (χ0) is 19.1. The summed E-state index contributed by atoms with van der Waals surface area (Å²) in [7, 11) is 0. The lowest BCUT2D eigenvalue weighted by molar-refractivity contribution is 0.0475. The van der Waals surface area contributed by atoms with E-state index >= 15 is 0 Å². The lowest BCUT2D eigenvalue weighted by atomic mass is 10.1. The zero-order valence-corrected chi connectivity index (χ0v) is 16.4. The van der Waals surface area contributed by atoms with E-state index in [1.54, 1.807) is 6.07 Å². The van der Waals surface area contributed by atoms with Crippen molar-refractivity contribution in [3.05, 3.63) is 29.3 Å². The summed E-state index contributed by atoms with van der Waals surface area (Å²) in [6.45, 7) is 5.01. The van der Waals surface area contributed by atoms with Crippen LogP contribution in [-0.4, -0.2) is 73.1 Å². The number of rotatable bonds is 4. The molecule has 0 aromatic heterocycles. The van der Waals surface area contributed by atoms with Crippen molar-refractivity contribution in [2.24, 2.45) is 0 Å². The van der Waals surface area contributed by atoms with Crippen molar-refractivity contribution in [2.45, 2.75) is 50.7 Å². The zero-order valence-electron chi connectivity index (χ0n) is 16.4. The number of benzene rings is 1. The molecule has 3 heterocycles. The maximum atomic E-state index is 13.1. The van der Waals surface area contributed by atoms with Crippen molar-refractivity contribution in [1.82, 2.24) is 9.80 Å². The average molecular weight is 383 g/mol. The molecule has 0 spiro atoms. The second-order valence-corrected chi connectivity index (χ2v) is 8.52. The molecule has 0 N–H and O–H groups in total. The number of piperazine rings is 1. The first-order valence-electron chi connectivity index (χ1n) is 10.8. The number of nitrogens with zero attached hydrogens (tertiary/aromatic N) is 3. The third kappa shape index (κ3) is 3.12. The SMILES string of the molecule is O=C1c2cccc(N3CCN(C4CCCC4)CC3)c2C(=O)N1C[C@@H]1CCCO1.